The number of carbonyl (C=O) groups is 2. The number of benzene rings is 1. The highest BCUT2D eigenvalue weighted by atomic mass is 16.2. The van der Waals surface area contributed by atoms with Crippen molar-refractivity contribution in [2.45, 2.75) is 46.1 Å². The summed E-state index contributed by atoms with van der Waals surface area (Å²) in [6.45, 7) is 14.1. The summed E-state index contributed by atoms with van der Waals surface area (Å²) >= 11 is 0. The fraction of sp³-hybridized carbons (Fsp3) is 0.474. The number of hydrogen-bond donors (Lipinski definition) is 2. The Labute approximate surface area is 139 Å². The van der Waals surface area contributed by atoms with Crippen molar-refractivity contribution in [3.8, 4) is 0 Å². The van der Waals surface area contributed by atoms with Crippen LogP contribution in [0.5, 0.6) is 0 Å². The molecule has 1 aromatic carbocycles. The fourth-order valence-electron chi connectivity index (χ4n) is 2.16. The van der Waals surface area contributed by atoms with Gasteiger partial charge in [-0.25, -0.2) is 0 Å². The first-order chi connectivity index (χ1) is 10.7. The number of hydrogen-bond acceptors (Lipinski definition) is 2. The van der Waals surface area contributed by atoms with E-state index >= 15 is 0 Å². The summed E-state index contributed by atoms with van der Waals surface area (Å²) in [6.07, 6.45) is 1.61. The van der Waals surface area contributed by atoms with Crippen molar-refractivity contribution in [2.24, 2.45) is 5.92 Å². The van der Waals surface area contributed by atoms with Crippen LogP contribution in [-0.2, 0) is 10.2 Å². The molecule has 0 heterocycles. The predicted octanol–water partition coefficient (Wildman–Crippen LogP) is 3.04. The molecule has 0 bridgehead atoms. The summed E-state index contributed by atoms with van der Waals surface area (Å²) in [5.41, 5.74) is 1.76. The average Bonchev–Trinajstić information content (AvgIpc) is 2.48. The Hall–Kier alpha value is -2.10. The lowest BCUT2D eigenvalue weighted by molar-refractivity contribution is -0.123. The minimum atomic E-state index is -0.565. The van der Waals surface area contributed by atoms with Gasteiger partial charge >= 0.3 is 0 Å². The quantitative estimate of drug-likeness (QED) is 0.793. The summed E-state index contributed by atoms with van der Waals surface area (Å²) in [6, 6.07) is 6.95. The minimum absolute atomic E-state index is 0.00221. The third-order valence-corrected chi connectivity index (χ3v) is 3.67. The maximum Gasteiger partial charge on any atom is 0.251 e. The Morgan fingerprint density at radius 2 is 1.74 bits per heavy atom. The normalized spacial score (nSPS) is 12.6. The molecular formula is C19H28N2O2. The Bertz CT molecular complexity index is 554. The average molecular weight is 316 g/mol. The zero-order valence-corrected chi connectivity index (χ0v) is 14.8. The molecule has 1 aromatic rings. The second-order valence-corrected chi connectivity index (χ2v) is 7.06. The summed E-state index contributed by atoms with van der Waals surface area (Å²) in [5.74, 6) is -0.435. The van der Waals surface area contributed by atoms with Crippen molar-refractivity contribution < 1.29 is 9.59 Å². The van der Waals surface area contributed by atoms with Gasteiger partial charge < -0.3 is 10.6 Å². The molecule has 1 atom stereocenters. The predicted molar refractivity (Wildman–Crippen MR) is 94.4 cm³/mol. The van der Waals surface area contributed by atoms with E-state index < -0.39 is 6.04 Å². The maximum absolute atomic E-state index is 12.4. The minimum Gasteiger partial charge on any atom is -0.351 e. The second-order valence-electron chi connectivity index (χ2n) is 7.06. The van der Waals surface area contributed by atoms with E-state index in [-0.39, 0.29) is 23.1 Å². The Balaban J connectivity index is 2.83. The van der Waals surface area contributed by atoms with E-state index in [1.807, 2.05) is 26.0 Å². The molecule has 0 radical (unpaired) electrons. The van der Waals surface area contributed by atoms with Gasteiger partial charge in [0.25, 0.3) is 5.91 Å². The van der Waals surface area contributed by atoms with Crippen LogP contribution >= 0.6 is 0 Å². The van der Waals surface area contributed by atoms with Crippen molar-refractivity contribution in [1.82, 2.24) is 10.6 Å². The molecule has 0 aliphatic carbocycles. The molecule has 2 amide bonds. The van der Waals surface area contributed by atoms with Gasteiger partial charge in [0.05, 0.1) is 0 Å². The van der Waals surface area contributed by atoms with Gasteiger partial charge in [-0.1, -0.05) is 52.8 Å². The topological polar surface area (TPSA) is 58.2 Å². The third kappa shape index (κ3) is 5.55. The molecule has 1 rings (SSSR count). The second kappa shape index (κ2) is 7.95. The number of nitrogens with one attached hydrogen (secondary N) is 2. The first-order valence-corrected chi connectivity index (χ1v) is 7.97. The molecule has 0 saturated heterocycles. The third-order valence-electron chi connectivity index (χ3n) is 3.67. The number of rotatable bonds is 6. The first-order valence-electron chi connectivity index (χ1n) is 7.97. The number of amides is 2. The molecule has 0 unspecified atom stereocenters. The van der Waals surface area contributed by atoms with E-state index in [9.17, 15) is 9.59 Å². The molecule has 0 saturated carbocycles. The van der Waals surface area contributed by atoms with Crippen molar-refractivity contribution in [2.75, 3.05) is 6.54 Å². The van der Waals surface area contributed by atoms with Gasteiger partial charge in [0.2, 0.25) is 5.91 Å². The monoisotopic (exact) mass is 316 g/mol. The van der Waals surface area contributed by atoms with E-state index in [1.165, 1.54) is 0 Å². The molecule has 0 aliphatic rings. The van der Waals surface area contributed by atoms with Gasteiger partial charge in [-0.15, -0.1) is 6.58 Å². The van der Waals surface area contributed by atoms with Crippen LogP contribution in [-0.4, -0.2) is 24.4 Å². The van der Waals surface area contributed by atoms with Gasteiger partial charge in [0.1, 0.15) is 6.04 Å². The zero-order chi connectivity index (χ0) is 17.6. The highest BCUT2D eigenvalue weighted by Gasteiger charge is 2.24. The Morgan fingerprint density at radius 1 is 1.17 bits per heavy atom. The van der Waals surface area contributed by atoms with E-state index in [2.05, 4.69) is 38.0 Å². The molecule has 126 valence electrons. The summed E-state index contributed by atoms with van der Waals surface area (Å²) in [4.78, 5) is 24.5. The molecule has 4 nitrogen and oxygen atoms in total. The highest BCUT2D eigenvalue weighted by Crippen LogP contribution is 2.22. The molecule has 0 spiro atoms. The van der Waals surface area contributed by atoms with E-state index in [0.717, 1.165) is 5.56 Å². The van der Waals surface area contributed by atoms with Gasteiger partial charge in [-0.2, -0.15) is 0 Å². The first kappa shape index (κ1) is 18.9. The van der Waals surface area contributed by atoms with Crippen molar-refractivity contribution in [3.05, 3.63) is 48.0 Å². The lowest BCUT2D eigenvalue weighted by Crippen LogP contribution is -2.49. The van der Waals surface area contributed by atoms with Crippen molar-refractivity contribution in [1.29, 1.82) is 0 Å². The smallest absolute Gasteiger partial charge is 0.251 e. The van der Waals surface area contributed by atoms with Crippen LogP contribution in [0.2, 0.25) is 0 Å². The molecule has 0 aliphatic heterocycles. The highest BCUT2D eigenvalue weighted by molar-refractivity contribution is 5.97. The molecule has 0 aromatic heterocycles. The van der Waals surface area contributed by atoms with Gasteiger partial charge in [-0.05, 0) is 29.0 Å². The maximum atomic E-state index is 12.4. The van der Waals surface area contributed by atoms with Crippen LogP contribution in [0, 0.1) is 5.92 Å². The molecule has 0 fully saturated rings. The number of carbonyl (C=O) groups excluding carboxylic acids is 2. The lowest BCUT2D eigenvalue weighted by atomic mass is 9.86. The van der Waals surface area contributed by atoms with Crippen LogP contribution in [0.15, 0.2) is 36.9 Å². The summed E-state index contributed by atoms with van der Waals surface area (Å²) < 4.78 is 0. The fourth-order valence-corrected chi connectivity index (χ4v) is 2.16. The van der Waals surface area contributed by atoms with E-state index in [1.54, 1.807) is 18.2 Å². The van der Waals surface area contributed by atoms with Crippen molar-refractivity contribution in [3.63, 3.8) is 0 Å². The van der Waals surface area contributed by atoms with Crippen LogP contribution in [0.1, 0.15) is 50.5 Å². The lowest BCUT2D eigenvalue weighted by Gasteiger charge is -2.22. The van der Waals surface area contributed by atoms with E-state index in [0.29, 0.717) is 12.1 Å². The molecule has 2 N–H and O–H groups in total. The van der Waals surface area contributed by atoms with Crippen molar-refractivity contribution >= 4 is 11.8 Å². The largest absolute Gasteiger partial charge is 0.351 e. The van der Waals surface area contributed by atoms with Crippen LogP contribution in [0.4, 0.5) is 0 Å². The van der Waals surface area contributed by atoms with Crippen LogP contribution in [0.25, 0.3) is 0 Å². The van der Waals surface area contributed by atoms with Gasteiger partial charge in [0.15, 0.2) is 0 Å². The Kier molecular flexibility index (Phi) is 6.55. The standard InChI is InChI=1S/C19H28N2O2/c1-7-12-20-18(23)16(13(2)3)21-17(22)14-8-10-15(11-9-14)19(4,5)6/h7-11,13,16H,1,12H2,2-6H3,(H,20,23)(H,21,22)/t16-/m0/s1. The van der Waals surface area contributed by atoms with Gasteiger partial charge in [0, 0.05) is 12.1 Å². The summed E-state index contributed by atoms with van der Waals surface area (Å²) in [7, 11) is 0. The van der Waals surface area contributed by atoms with E-state index in [4.69, 9.17) is 0 Å². The Morgan fingerprint density at radius 3 is 2.17 bits per heavy atom. The van der Waals surface area contributed by atoms with Crippen LogP contribution in [0.3, 0.4) is 0 Å². The summed E-state index contributed by atoms with van der Waals surface area (Å²) in [5, 5.41) is 5.54. The SMILES string of the molecule is C=CCNC(=O)[C@@H](NC(=O)c1ccc(C(C)(C)C)cc1)C(C)C. The molecule has 4 heteroatoms. The molecule has 23 heavy (non-hydrogen) atoms. The van der Waals surface area contributed by atoms with Crippen LogP contribution < -0.4 is 10.6 Å². The van der Waals surface area contributed by atoms with Gasteiger partial charge in [-0.3, -0.25) is 9.59 Å². The molecular weight excluding hydrogens is 288 g/mol. The zero-order valence-electron chi connectivity index (χ0n) is 14.8.